The smallest absolute Gasteiger partial charge is 0.362 e. The van der Waals surface area contributed by atoms with Crippen molar-refractivity contribution in [3.8, 4) is 0 Å². The number of nitro groups is 1. The van der Waals surface area contributed by atoms with Crippen LogP contribution in [0, 0.1) is 10.1 Å². The van der Waals surface area contributed by atoms with Crippen LogP contribution in [0.15, 0.2) is 6.33 Å². The van der Waals surface area contributed by atoms with Gasteiger partial charge in [0.25, 0.3) is 0 Å². The zero-order valence-electron chi connectivity index (χ0n) is 12.4. The Hall–Kier alpha value is -1.63. The third-order valence-electron chi connectivity index (χ3n) is 3.99. The molecule has 0 aromatic carbocycles. The fraction of sp³-hybridized carbons (Fsp3) is 0.769. The van der Waals surface area contributed by atoms with Gasteiger partial charge in [-0.2, -0.15) is 0 Å². The fourth-order valence-electron chi connectivity index (χ4n) is 2.67. The van der Waals surface area contributed by atoms with Gasteiger partial charge in [-0.25, -0.2) is 0 Å². The van der Waals surface area contributed by atoms with Crippen molar-refractivity contribution in [2.45, 2.75) is 38.6 Å². The van der Waals surface area contributed by atoms with Crippen molar-refractivity contribution in [2.24, 2.45) is 7.05 Å². The lowest BCUT2D eigenvalue weighted by molar-refractivity contribution is -0.388. The molecule has 0 amide bonds. The van der Waals surface area contributed by atoms with Crippen LogP contribution in [0.25, 0.3) is 0 Å². The third-order valence-corrected chi connectivity index (χ3v) is 3.99. The molecule has 7 nitrogen and oxygen atoms in total. The van der Waals surface area contributed by atoms with E-state index in [-0.39, 0.29) is 11.4 Å². The molecule has 0 atom stereocenters. The lowest BCUT2D eigenvalue weighted by atomic mass is 9.98. The predicted octanol–water partition coefficient (Wildman–Crippen LogP) is 2.00. The van der Waals surface area contributed by atoms with E-state index >= 15 is 0 Å². The van der Waals surface area contributed by atoms with E-state index in [1.807, 2.05) is 0 Å². The summed E-state index contributed by atoms with van der Waals surface area (Å²) in [6.45, 7) is 7.21. The summed E-state index contributed by atoms with van der Waals surface area (Å²) in [5, 5.41) is 14.1. The highest BCUT2D eigenvalue weighted by atomic mass is 16.6. The van der Waals surface area contributed by atoms with Crippen LogP contribution in [0.2, 0.25) is 0 Å². The summed E-state index contributed by atoms with van der Waals surface area (Å²) in [6, 6.07) is 0. The second kappa shape index (κ2) is 5.78. The number of likely N-dealkylation sites (tertiary alicyclic amines) is 1. The minimum absolute atomic E-state index is 0.0292. The topological polar surface area (TPSA) is 76.2 Å². The van der Waals surface area contributed by atoms with E-state index in [4.69, 9.17) is 0 Å². The number of hydrogen-bond donors (Lipinski definition) is 1. The molecule has 1 fully saturated rings. The van der Waals surface area contributed by atoms with Crippen LogP contribution in [0.5, 0.6) is 0 Å². The lowest BCUT2D eigenvalue weighted by Gasteiger charge is -2.41. The maximum atomic E-state index is 10.9. The van der Waals surface area contributed by atoms with Gasteiger partial charge in [-0.05, 0) is 49.7 Å². The molecule has 0 unspecified atom stereocenters. The van der Waals surface area contributed by atoms with Gasteiger partial charge in [-0.15, -0.1) is 0 Å². The molecule has 112 valence electrons. The SMILES string of the molecule is Cn1cnc([N+](=O)[O-])c1NCC(C)(C)N1CCCCC1. The van der Waals surface area contributed by atoms with Crippen LogP contribution in [-0.2, 0) is 7.05 Å². The number of rotatable bonds is 5. The first-order valence-electron chi connectivity index (χ1n) is 7.06. The third kappa shape index (κ3) is 3.09. The molecule has 0 saturated carbocycles. The van der Waals surface area contributed by atoms with Gasteiger partial charge in [0.05, 0.1) is 0 Å². The van der Waals surface area contributed by atoms with Crippen LogP contribution in [0.3, 0.4) is 0 Å². The first-order chi connectivity index (χ1) is 9.42. The highest BCUT2D eigenvalue weighted by molar-refractivity contribution is 5.52. The van der Waals surface area contributed by atoms with Crippen molar-refractivity contribution in [3.05, 3.63) is 16.4 Å². The normalized spacial score (nSPS) is 17.1. The summed E-state index contributed by atoms with van der Waals surface area (Å²) in [4.78, 5) is 16.8. The Balaban J connectivity index is 2.03. The second-order valence-corrected chi connectivity index (χ2v) is 6.00. The molecule has 0 aliphatic carbocycles. The first-order valence-corrected chi connectivity index (χ1v) is 7.06. The molecule has 2 rings (SSSR count). The standard InChI is InChI=1S/C13H23N5O2/c1-13(2,17-7-5-4-6-8-17)9-14-11-12(18(19)20)15-10-16(11)3/h10,14H,4-9H2,1-3H3. The Bertz CT molecular complexity index is 477. The summed E-state index contributed by atoms with van der Waals surface area (Å²) in [5.74, 6) is 0.363. The molecule has 1 aliphatic rings. The zero-order chi connectivity index (χ0) is 14.8. The summed E-state index contributed by atoms with van der Waals surface area (Å²) in [7, 11) is 1.76. The van der Waals surface area contributed by atoms with Crippen LogP contribution in [-0.4, -0.2) is 44.5 Å². The van der Waals surface area contributed by atoms with Gasteiger partial charge in [0.2, 0.25) is 12.1 Å². The number of aryl methyl sites for hydroxylation is 1. The van der Waals surface area contributed by atoms with E-state index < -0.39 is 4.92 Å². The molecule has 20 heavy (non-hydrogen) atoms. The van der Waals surface area contributed by atoms with Gasteiger partial charge in [0.15, 0.2) is 0 Å². The number of hydrogen-bond acceptors (Lipinski definition) is 5. The zero-order valence-corrected chi connectivity index (χ0v) is 12.4. The number of nitrogens with zero attached hydrogens (tertiary/aromatic N) is 4. The summed E-state index contributed by atoms with van der Waals surface area (Å²) in [5.41, 5.74) is -0.0292. The Kier molecular flexibility index (Phi) is 4.27. The Morgan fingerprint density at radius 2 is 2.05 bits per heavy atom. The second-order valence-electron chi connectivity index (χ2n) is 6.00. The number of aromatic nitrogens is 2. The quantitative estimate of drug-likeness (QED) is 0.660. The van der Waals surface area contributed by atoms with Crippen molar-refractivity contribution in [1.82, 2.24) is 14.5 Å². The summed E-state index contributed by atoms with van der Waals surface area (Å²) < 4.78 is 1.66. The Labute approximate surface area is 119 Å². The van der Waals surface area contributed by atoms with Crippen LogP contribution >= 0.6 is 0 Å². The molecule has 1 N–H and O–H groups in total. The molecule has 0 radical (unpaired) electrons. The number of imidazole rings is 1. The first kappa shape index (κ1) is 14.8. The molecule has 1 saturated heterocycles. The van der Waals surface area contributed by atoms with Gasteiger partial charge in [0.1, 0.15) is 0 Å². The maximum Gasteiger partial charge on any atom is 0.406 e. The van der Waals surface area contributed by atoms with Crippen molar-refractivity contribution in [1.29, 1.82) is 0 Å². The van der Waals surface area contributed by atoms with E-state index in [2.05, 4.69) is 29.0 Å². The molecular formula is C13H23N5O2. The molecular weight excluding hydrogens is 258 g/mol. The van der Waals surface area contributed by atoms with E-state index in [0.717, 1.165) is 13.1 Å². The van der Waals surface area contributed by atoms with Crippen LogP contribution in [0.1, 0.15) is 33.1 Å². The summed E-state index contributed by atoms with van der Waals surface area (Å²) in [6.07, 6.45) is 5.23. The number of anilines is 1. The highest BCUT2D eigenvalue weighted by Crippen LogP contribution is 2.24. The van der Waals surface area contributed by atoms with Gasteiger partial charge in [0, 0.05) is 19.1 Å². The van der Waals surface area contributed by atoms with Gasteiger partial charge >= 0.3 is 5.82 Å². The number of piperidine rings is 1. The molecule has 1 aromatic heterocycles. The van der Waals surface area contributed by atoms with Crippen LogP contribution in [0.4, 0.5) is 11.6 Å². The van der Waals surface area contributed by atoms with Gasteiger partial charge < -0.3 is 15.4 Å². The minimum atomic E-state index is -0.448. The molecule has 2 heterocycles. The predicted molar refractivity (Wildman–Crippen MR) is 77.9 cm³/mol. The molecule has 7 heteroatoms. The van der Waals surface area contributed by atoms with E-state index in [1.165, 1.54) is 25.6 Å². The monoisotopic (exact) mass is 281 g/mol. The van der Waals surface area contributed by atoms with Crippen molar-refractivity contribution >= 4 is 11.6 Å². The average molecular weight is 281 g/mol. The molecule has 0 spiro atoms. The van der Waals surface area contributed by atoms with Crippen molar-refractivity contribution in [2.75, 3.05) is 25.0 Å². The highest BCUT2D eigenvalue weighted by Gasteiger charge is 2.29. The number of nitrogens with one attached hydrogen (secondary N) is 1. The van der Waals surface area contributed by atoms with Crippen molar-refractivity contribution < 1.29 is 4.92 Å². The molecule has 1 aromatic rings. The molecule has 0 bridgehead atoms. The Morgan fingerprint density at radius 3 is 2.65 bits per heavy atom. The lowest BCUT2D eigenvalue weighted by Crippen LogP contribution is -2.51. The summed E-state index contributed by atoms with van der Waals surface area (Å²) >= 11 is 0. The largest absolute Gasteiger partial charge is 0.406 e. The fourth-order valence-corrected chi connectivity index (χ4v) is 2.67. The van der Waals surface area contributed by atoms with Crippen LogP contribution < -0.4 is 5.32 Å². The minimum Gasteiger partial charge on any atom is -0.362 e. The van der Waals surface area contributed by atoms with Crippen molar-refractivity contribution in [3.63, 3.8) is 0 Å². The maximum absolute atomic E-state index is 10.9. The molecule has 1 aliphatic heterocycles. The van der Waals surface area contributed by atoms with E-state index in [0.29, 0.717) is 12.4 Å². The van der Waals surface area contributed by atoms with E-state index in [1.54, 1.807) is 11.6 Å². The average Bonchev–Trinajstić information content (AvgIpc) is 2.79. The Morgan fingerprint density at radius 1 is 1.40 bits per heavy atom. The van der Waals surface area contributed by atoms with E-state index in [9.17, 15) is 10.1 Å². The van der Waals surface area contributed by atoms with Gasteiger partial charge in [-0.3, -0.25) is 9.47 Å². The van der Waals surface area contributed by atoms with Gasteiger partial charge in [-0.1, -0.05) is 6.42 Å².